The van der Waals surface area contributed by atoms with E-state index in [0.717, 1.165) is 116 Å². The average molecular weight is 1230 g/mol. The lowest BCUT2D eigenvalue weighted by atomic mass is 10.1. The van der Waals surface area contributed by atoms with Crippen molar-refractivity contribution in [2.24, 2.45) is 41.6 Å². The molecular weight excluding hydrogens is 1150 g/mol. The van der Waals surface area contributed by atoms with Crippen LogP contribution < -0.4 is 22.1 Å². The van der Waals surface area contributed by atoms with E-state index in [-0.39, 0.29) is 29.3 Å². The maximum atomic E-state index is 11.9. The number of aromatic amines is 5. The van der Waals surface area contributed by atoms with Crippen molar-refractivity contribution in [1.82, 2.24) is 60.5 Å². The number of hydrogen-bond acceptors (Lipinski definition) is 16. The third-order valence-electron chi connectivity index (χ3n) is 12.9. The van der Waals surface area contributed by atoms with E-state index in [1.54, 1.807) is 12.3 Å². The molecule has 0 aromatic carbocycles. The fourth-order valence-corrected chi connectivity index (χ4v) is 8.29. The maximum absolute atomic E-state index is 11.9. The summed E-state index contributed by atoms with van der Waals surface area (Å²) in [7, 11) is 0. The number of alkyl carbamates (subject to hydrolysis) is 2. The third-order valence-corrected chi connectivity index (χ3v) is 13.1. The zero-order chi connectivity index (χ0) is 63.2. The van der Waals surface area contributed by atoms with Gasteiger partial charge in [-0.15, -0.1) is 0 Å². The quantitative estimate of drug-likeness (QED) is 0.0450. The van der Waals surface area contributed by atoms with Crippen molar-refractivity contribution in [2.45, 2.75) is 128 Å². The van der Waals surface area contributed by atoms with Crippen molar-refractivity contribution < 1.29 is 19.1 Å². The van der Waals surface area contributed by atoms with E-state index in [4.69, 9.17) is 37.3 Å². The van der Waals surface area contributed by atoms with Crippen molar-refractivity contribution >= 4 is 90.9 Å². The van der Waals surface area contributed by atoms with Crippen LogP contribution in [0.4, 0.5) is 9.59 Å². The Morgan fingerprint density at radius 2 is 1.00 bits per heavy atom. The summed E-state index contributed by atoms with van der Waals surface area (Å²) in [5.74, 6) is 0. The minimum absolute atomic E-state index is 0.0488. The second-order valence-electron chi connectivity index (χ2n) is 21.8. The molecule has 12 rings (SSSR count). The van der Waals surface area contributed by atoms with Gasteiger partial charge >= 0.3 is 12.2 Å². The lowest BCUT2D eigenvalue weighted by Gasteiger charge is -2.23. The lowest BCUT2D eigenvalue weighted by Crippen LogP contribution is -2.39. The number of amides is 2. The highest BCUT2D eigenvalue weighted by molar-refractivity contribution is 6.14. The molecule has 0 radical (unpaired) electrons. The smallest absolute Gasteiger partial charge is 0.408 e. The maximum Gasteiger partial charge on any atom is 0.408 e. The predicted molar refractivity (Wildman–Crippen MR) is 332 cm³/mol. The topological polar surface area (TPSA) is 418 Å². The minimum atomic E-state index is -0.501. The zero-order valence-electron chi connectivity index (χ0n) is 49.4. The van der Waals surface area contributed by atoms with Gasteiger partial charge in [-0.25, -0.2) is 34.5 Å². The highest BCUT2D eigenvalue weighted by atomic mass is 35.5. The summed E-state index contributed by atoms with van der Waals surface area (Å²) >= 11 is 9.09. The molecule has 2 unspecified atom stereocenters. The number of ether oxygens (including phenoxy) is 2. The van der Waals surface area contributed by atoms with Gasteiger partial charge in [-0.3, -0.25) is 0 Å². The van der Waals surface area contributed by atoms with Crippen LogP contribution in [0.25, 0.3) is 55.2 Å². The number of carbonyl (C=O) groups excluding carboxylic acids is 2. The Bertz CT molecular complexity index is 3940. The number of nitrogens with zero attached hydrogens (tertiary/aromatic N) is 12. The Kier molecular flexibility index (Phi) is 23.7. The van der Waals surface area contributed by atoms with E-state index in [1.807, 2.05) is 158 Å². The molecule has 2 aliphatic rings. The average Bonchev–Trinajstić information content (AvgIpc) is 2.56. The Morgan fingerprint density at radius 1 is 0.598 bits per heavy atom. The van der Waals surface area contributed by atoms with Crippen molar-refractivity contribution in [1.29, 1.82) is 16.3 Å². The first kappa shape index (κ1) is 66.5. The van der Waals surface area contributed by atoms with Crippen LogP contribution in [0.15, 0.2) is 152 Å². The minimum Gasteiger partial charge on any atom is -0.444 e. The van der Waals surface area contributed by atoms with E-state index in [0.29, 0.717) is 5.69 Å². The van der Waals surface area contributed by atoms with Gasteiger partial charge in [0, 0.05) is 64.0 Å². The van der Waals surface area contributed by atoms with E-state index >= 15 is 0 Å². The van der Waals surface area contributed by atoms with Crippen molar-refractivity contribution in [2.75, 3.05) is 0 Å². The number of nitriles is 1. The molecule has 0 saturated heterocycles. The molecule has 2 fully saturated rings. The van der Waals surface area contributed by atoms with E-state index in [2.05, 4.69) is 127 Å². The van der Waals surface area contributed by atoms with E-state index < -0.39 is 17.3 Å². The van der Waals surface area contributed by atoms with Gasteiger partial charge in [-0.2, -0.15) is 16.3 Å². The van der Waals surface area contributed by atoms with Gasteiger partial charge in [0.15, 0.2) is 0 Å². The Hall–Kier alpha value is -9.62. The van der Waals surface area contributed by atoms with Crippen molar-refractivity contribution in [3.8, 4) is 6.07 Å². The van der Waals surface area contributed by atoms with E-state index in [9.17, 15) is 9.59 Å². The number of rotatable bonds is 10. The molecule has 0 bridgehead atoms. The van der Waals surface area contributed by atoms with Crippen LogP contribution in [0.5, 0.6) is 0 Å². The molecule has 29 heteroatoms. The SMILES string of the molecule is CC(C)(C)OC(=O)NC1(c2ccc3cc[nH]c3n2)CC1.CCC(N)c1ccc2cc[nH]c2n1.CCC(NC(=O)OC(C)(C)C)c1ccc2cc[nH]c2n1.N#Cc1ccc2cc[nH]c2n1.N=NN=NCl.N=NN=NCl.NC1(c2ccc3cc[nH]c3n2)CC1. The van der Waals surface area contributed by atoms with Gasteiger partial charge < -0.3 is 56.5 Å². The molecule has 10 heterocycles. The number of nitrogens with two attached hydrogens (primary N) is 2. The molecule has 87 heavy (non-hydrogen) atoms. The summed E-state index contributed by atoms with van der Waals surface area (Å²) < 4.78 is 15.8. The van der Waals surface area contributed by atoms with E-state index in [1.165, 1.54) is 0 Å². The molecule has 27 nitrogen and oxygen atoms in total. The standard InChI is InChI=1S/C15H19N3O2.C15H21N3O2.C10H11N3.C10H13N3.C8H5N3.2ClHN4/c1-14(2,3)20-13(19)18-15(7-8-15)11-5-4-10-6-9-16-12(10)17-11;1-5-11(18-14(19)20-15(2,3)4)12-7-6-10-8-9-16-13(10)17-12;11-10(4-5-10)8-2-1-7-3-6-12-9(7)13-8;1-2-8(11)9-4-3-7-5-6-12-10(7)13-9;9-5-7-2-1-6-3-4-10-8(6)11-7;2*1-3-5-4-2/h4-6,9H,7-8H2,1-3H3,(H,16,17)(H,18,19);6-9,11H,5H2,1-4H3,(H,16,17)(H,18,19);1-3,6H,4-5,11H2,(H,12,13);3-6,8H,2,11H2,1H3,(H,12,13);1-4H,(H,10,11);2*2H. The molecule has 2 atom stereocenters. The number of aromatic nitrogens is 10. The highest BCUT2D eigenvalue weighted by Crippen LogP contribution is 2.45. The monoisotopic (exact) mass is 1220 g/mol. The molecule has 456 valence electrons. The normalized spacial score (nSPS) is 14.1. The third kappa shape index (κ3) is 20.3. The Morgan fingerprint density at radius 3 is 1.40 bits per heavy atom. The number of carbonyl (C=O) groups is 2. The summed E-state index contributed by atoms with van der Waals surface area (Å²) in [5.41, 5.74) is 30.6. The number of halogens is 2. The van der Waals surface area contributed by atoms with Gasteiger partial charge in [0.2, 0.25) is 0 Å². The molecule has 10 aromatic rings. The largest absolute Gasteiger partial charge is 0.444 e. The van der Waals surface area contributed by atoms with Crippen LogP contribution in [0, 0.1) is 22.4 Å². The summed E-state index contributed by atoms with van der Waals surface area (Å²) in [6, 6.07) is 31.4. The van der Waals surface area contributed by atoms with Gasteiger partial charge in [0.1, 0.15) is 51.2 Å². The summed E-state index contributed by atoms with van der Waals surface area (Å²) in [6.07, 6.45) is 14.1. The number of fused-ring (bicyclic) bond motifs is 5. The highest BCUT2D eigenvalue weighted by Gasteiger charge is 2.48. The first-order valence-corrected chi connectivity index (χ1v) is 28.2. The second-order valence-corrected chi connectivity index (χ2v) is 22.1. The number of nitrogens with one attached hydrogen (secondary N) is 9. The number of pyridine rings is 5. The first-order chi connectivity index (χ1) is 41.6. The zero-order valence-corrected chi connectivity index (χ0v) is 50.9. The Balaban J connectivity index is 0.000000169. The predicted octanol–water partition coefficient (Wildman–Crippen LogP) is 14.6. The molecule has 13 N–H and O–H groups in total. The van der Waals surface area contributed by atoms with Gasteiger partial charge in [0.25, 0.3) is 0 Å². The molecule has 2 saturated carbocycles. The summed E-state index contributed by atoms with van der Waals surface area (Å²) in [5, 5.41) is 29.9. The van der Waals surface area contributed by atoms with Crippen LogP contribution in [0.3, 0.4) is 0 Å². The molecule has 2 aliphatic carbocycles. The molecule has 2 amide bonds. The summed E-state index contributed by atoms with van der Waals surface area (Å²) in [4.78, 5) is 61.1. The van der Waals surface area contributed by atoms with Crippen LogP contribution in [0.2, 0.25) is 0 Å². The summed E-state index contributed by atoms with van der Waals surface area (Å²) in [6.45, 7) is 15.2. The van der Waals surface area contributed by atoms with Gasteiger partial charge in [-0.1, -0.05) is 23.1 Å². The first-order valence-electron chi connectivity index (χ1n) is 27.5. The molecule has 10 aromatic heterocycles. The van der Waals surface area contributed by atoms with Crippen LogP contribution in [-0.2, 0) is 20.6 Å². The Labute approximate surface area is 510 Å². The fourth-order valence-electron chi connectivity index (χ4n) is 8.23. The van der Waals surface area contributed by atoms with Crippen molar-refractivity contribution in [3.05, 3.63) is 150 Å². The van der Waals surface area contributed by atoms with Crippen LogP contribution in [0.1, 0.15) is 134 Å². The number of H-pyrrole nitrogens is 5. The van der Waals surface area contributed by atoms with Gasteiger partial charge in [-0.05, 0) is 192 Å². The molecule has 0 aliphatic heterocycles. The van der Waals surface area contributed by atoms with Crippen molar-refractivity contribution in [3.63, 3.8) is 0 Å². The molecular formula is C58H71Cl2N23O4. The van der Waals surface area contributed by atoms with Crippen LogP contribution in [-0.4, -0.2) is 73.2 Å². The second kappa shape index (κ2) is 31.0. The number of hydrogen-bond donors (Lipinski definition) is 11. The fraction of sp³-hybridized carbons (Fsp3) is 0.345. The van der Waals surface area contributed by atoms with Gasteiger partial charge in [0.05, 0.1) is 63.4 Å². The molecule has 0 spiro atoms. The van der Waals surface area contributed by atoms with Crippen LogP contribution >= 0.6 is 23.6 Å². The lowest BCUT2D eigenvalue weighted by molar-refractivity contribution is 0.0485.